The number of carbonyl (C=O) groups excluding carboxylic acids is 2. The Morgan fingerprint density at radius 1 is 1.22 bits per heavy atom. The number of amides is 1. The highest BCUT2D eigenvalue weighted by Gasteiger charge is 2.27. The molecule has 0 aliphatic rings. The quantitative estimate of drug-likeness (QED) is 0.396. The molecule has 152 valence electrons. The van der Waals surface area contributed by atoms with Crippen molar-refractivity contribution >= 4 is 31.9 Å². The second-order valence-electron chi connectivity index (χ2n) is 6.94. The molecule has 6 nitrogen and oxygen atoms in total. The van der Waals surface area contributed by atoms with E-state index in [-0.39, 0.29) is 20.2 Å². The second-order valence-corrected chi connectivity index (χ2v) is 8.85. The second kappa shape index (κ2) is 13.1. The summed E-state index contributed by atoms with van der Waals surface area (Å²) in [6.45, 7) is 9.07. The minimum Gasteiger partial charge on any atom is -0.447 e. The van der Waals surface area contributed by atoms with Crippen LogP contribution in [0.15, 0.2) is 30.3 Å². The molecule has 1 aromatic rings. The topological polar surface area (TPSA) is 76.7 Å². The minimum absolute atomic E-state index is 0.103. The van der Waals surface area contributed by atoms with E-state index in [1.807, 2.05) is 32.0 Å². The van der Waals surface area contributed by atoms with Crippen LogP contribution in [-0.2, 0) is 20.6 Å². The number of benzene rings is 1. The van der Waals surface area contributed by atoms with Gasteiger partial charge in [0.15, 0.2) is 5.12 Å². The molecule has 0 radical (unpaired) electrons. The number of nitrogens with one attached hydrogen (secondary N) is 2. The lowest BCUT2D eigenvalue weighted by Crippen LogP contribution is -2.32. The van der Waals surface area contributed by atoms with E-state index in [1.165, 1.54) is 17.3 Å². The fraction of sp³-hybridized carbons (Fsp3) is 0.579. The van der Waals surface area contributed by atoms with Crippen LogP contribution < -0.4 is 10.4 Å². The smallest absolute Gasteiger partial charge is 0.407 e. The average molecular weight is 415 g/mol. The lowest BCUT2D eigenvalue weighted by Gasteiger charge is -2.22. The highest BCUT2D eigenvalue weighted by molar-refractivity contribution is 8.13. The van der Waals surface area contributed by atoms with E-state index in [1.54, 1.807) is 13.8 Å². The average Bonchev–Trinajstić information content (AvgIpc) is 2.60. The molecule has 2 N–H and O–H groups in total. The summed E-state index contributed by atoms with van der Waals surface area (Å²) in [5.41, 5.74) is 0.703. The molecule has 0 saturated carbocycles. The van der Waals surface area contributed by atoms with Crippen molar-refractivity contribution in [3.8, 4) is 0 Å². The van der Waals surface area contributed by atoms with Crippen LogP contribution in [0.25, 0.3) is 0 Å². The van der Waals surface area contributed by atoms with Gasteiger partial charge in [-0.25, -0.2) is 4.79 Å². The van der Waals surface area contributed by atoms with E-state index < -0.39 is 11.5 Å². The summed E-state index contributed by atoms with van der Waals surface area (Å²) < 4.78 is 10.5. The summed E-state index contributed by atoms with van der Waals surface area (Å²) in [5.74, 6) is 0.616. The van der Waals surface area contributed by atoms with Gasteiger partial charge >= 0.3 is 6.09 Å². The zero-order valence-corrected chi connectivity index (χ0v) is 18.4. The largest absolute Gasteiger partial charge is 0.447 e. The first kappa shape index (κ1) is 23.9. The van der Waals surface area contributed by atoms with Gasteiger partial charge in [-0.2, -0.15) is 0 Å². The molecule has 0 fully saturated rings. The van der Waals surface area contributed by atoms with E-state index in [0.717, 1.165) is 6.54 Å². The van der Waals surface area contributed by atoms with Gasteiger partial charge in [-0.15, -0.1) is 0 Å². The number of hydrogen-bond donors (Lipinski definition) is 2. The van der Waals surface area contributed by atoms with Gasteiger partial charge < -0.3 is 14.6 Å². The van der Waals surface area contributed by atoms with E-state index in [4.69, 9.17) is 9.26 Å². The molecule has 1 aromatic carbocycles. The van der Waals surface area contributed by atoms with Crippen molar-refractivity contribution in [3.63, 3.8) is 0 Å². The summed E-state index contributed by atoms with van der Waals surface area (Å²) in [7, 11) is 0.207. The maximum Gasteiger partial charge on any atom is 0.407 e. The molecule has 0 heterocycles. The monoisotopic (exact) mass is 414 g/mol. The highest BCUT2D eigenvalue weighted by atomic mass is 32.2. The van der Waals surface area contributed by atoms with Crippen LogP contribution in [0.3, 0.4) is 0 Å². The van der Waals surface area contributed by atoms with Gasteiger partial charge in [-0.3, -0.25) is 9.88 Å². The summed E-state index contributed by atoms with van der Waals surface area (Å²) in [6, 6.07) is 10.1. The number of ether oxygens (including phenoxy) is 1. The van der Waals surface area contributed by atoms with Crippen molar-refractivity contribution in [2.75, 3.05) is 18.9 Å². The van der Waals surface area contributed by atoms with Crippen molar-refractivity contribution in [2.45, 2.75) is 46.8 Å². The fourth-order valence-electron chi connectivity index (χ4n) is 2.04. The lowest BCUT2D eigenvalue weighted by atomic mass is 9.91. The van der Waals surface area contributed by atoms with Crippen LogP contribution in [0, 0.1) is 5.41 Å². The maximum absolute atomic E-state index is 12.3. The zero-order chi connectivity index (χ0) is 20.1. The fourth-order valence-corrected chi connectivity index (χ4v) is 3.62. The standard InChI is InChI=1S/C19H31N2O4PS/c1-15(2)25-18(23)20-11-10-19(3,4)17(22)27-13-12-24-26-21-14-16-8-6-5-7-9-16/h5-9,15,21,26H,10-14H2,1-4H3,(H,20,23). The maximum atomic E-state index is 12.3. The molecule has 27 heavy (non-hydrogen) atoms. The molecule has 0 aliphatic heterocycles. The van der Waals surface area contributed by atoms with Crippen molar-refractivity contribution in [1.29, 1.82) is 0 Å². The molecule has 1 amide bonds. The van der Waals surface area contributed by atoms with Gasteiger partial charge in [0.2, 0.25) is 0 Å². The van der Waals surface area contributed by atoms with Gasteiger partial charge in [0.25, 0.3) is 0 Å². The van der Waals surface area contributed by atoms with Crippen LogP contribution in [-0.4, -0.2) is 36.2 Å². The van der Waals surface area contributed by atoms with Crippen LogP contribution in [0.2, 0.25) is 0 Å². The number of thioether (sulfide) groups is 1. The molecule has 8 heteroatoms. The first-order valence-corrected chi connectivity index (χ1v) is 11.0. The molecular formula is C19H31N2O4PS. The van der Waals surface area contributed by atoms with Gasteiger partial charge in [-0.1, -0.05) is 55.9 Å². The van der Waals surface area contributed by atoms with E-state index in [9.17, 15) is 9.59 Å². The zero-order valence-electron chi connectivity index (χ0n) is 16.5. The number of hydrogen-bond acceptors (Lipinski definition) is 6. The minimum atomic E-state index is -0.510. The van der Waals surface area contributed by atoms with Gasteiger partial charge in [0.1, 0.15) is 0 Å². The SMILES string of the molecule is CC(C)OC(=O)NCCC(C)(C)C(=O)SCCOPNCc1ccccc1. The molecule has 0 saturated heterocycles. The predicted molar refractivity (Wildman–Crippen MR) is 113 cm³/mol. The van der Waals surface area contributed by atoms with Gasteiger partial charge in [0, 0.05) is 24.3 Å². The summed E-state index contributed by atoms with van der Waals surface area (Å²) in [6.07, 6.45) is -0.0378. The first-order chi connectivity index (χ1) is 12.8. The third-order valence-electron chi connectivity index (χ3n) is 3.61. The molecule has 1 rings (SSSR count). The van der Waals surface area contributed by atoms with Crippen LogP contribution in [0.5, 0.6) is 0 Å². The third-order valence-corrected chi connectivity index (χ3v) is 5.47. The normalized spacial score (nSPS) is 11.9. The molecule has 0 aliphatic carbocycles. The van der Waals surface area contributed by atoms with E-state index >= 15 is 0 Å². The molecule has 1 unspecified atom stereocenters. The summed E-state index contributed by atoms with van der Waals surface area (Å²) in [4.78, 5) is 23.8. The Labute approximate surface area is 168 Å². The molecule has 0 aromatic heterocycles. The van der Waals surface area contributed by atoms with Crippen molar-refractivity contribution in [1.82, 2.24) is 10.4 Å². The van der Waals surface area contributed by atoms with Crippen LogP contribution in [0.4, 0.5) is 4.79 Å². The molecule has 0 bridgehead atoms. The highest BCUT2D eigenvalue weighted by Crippen LogP contribution is 2.27. The lowest BCUT2D eigenvalue weighted by molar-refractivity contribution is -0.118. The van der Waals surface area contributed by atoms with Crippen molar-refractivity contribution in [2.24, 2.45) is 5.41 Å². The van der Waals surface area contributed by atoms with Gasteiger partial charge in [-0.05, 0) is 25.8 Å². The first-order valence-electron chi connectivity index (χ1n) is 9.06. The summed E-state index contributed by atoms with van der Waals surface area (Å²) in [5, 5.41) is 6.01. The molecular weight excluding hydrogens is 383 g/mol. The number of alkyl carbamates (subject to hydrolysis) is 1. The summed E-state index contributed by atoms with van der Waals surface area (Å²) >= 11 is 1.28. The van der Waals surface area contributed by atoms with Crippen molar-refractivity contribution in [3.05, 3.63) is 35.9 Å². The van der Waals surface area contributed by atoms with Gasteiger partial charge in [0.05, 0.1) is 21.7 Å². The number of rotatable bonds is 12. The Morgan fingerprint density at radius 3 is 2.59 bits per heavy atom. The predicted octanol–water partition coefficient (Wildman–Crippen LogP) is 4.11. The Kier molecular flexibility index (Phi) is 11.6. The van der Waals surface area contributed by atoms with Crippen LogP contribution >= 0.6 is 20.7 Å². The van der Waals surface area contributed by atoms with Crippen molar-refractivity contribution < 1.29 is 18.8 Å². The Hall–Kier alpha value is -1.14. The Morgan fingerprint density at radius 2 is 1.93 bits per heavy atom. The van der Waals surface area contributed by atoms with E-state index in [2.05, 4.69) is 22.5 Å². The number of carbonyl (C=O) groups is 2. The van der Waals surface area contributed by atoms with Crippen LogP contribution in [0.1, 0.15) is 39.7 Å². The molecule has 1 atom stereocenters. The molecule has 0 spiro atoms. The third kappa shape index (κ3) is 11.3. The van der Waals surface area contributed by atoms with E-state index in [0.29, 0.717) is 25.3 Å². The Bertz CT molecular complexity index is 570. The Balaban J connectivity index is 2.09.